The van der Waals surface area contributed by atoms with Crippen LogP contribution in [-0.2, 0) is 19.1 Å². The molecule has 5 nitrogen and oxygen atoms in total. The van der Waals surface area contributed by atoms with Crippen LogP contribution in [0.2, 0.25) is 0 Å². The fourth-order valence-corrected chi connectivity index (χ4v) is 3.01. The Labute approximate surface area is 178 Å². The van der Waals surface area contributed by atoms with E-state index < -0.39 is 21.5 Å². The molecule has 7 heteroatoms. The molecule has 0 radical (unpaired) electrons. The van der Waals surface area contributed by atoms with Crippen molar-refractivity contribution in [3.63, 3.8) is 0 Å². The summed E-state index contributed by atoms with van der Waals surface area (Å²) < 4.78 is 26.7. The Morgan fingerprint density at radius 3 is 1.60 bits per heavy atom. The van der Waals surface area contributed by atoms with Gasteiger partial charge in [-0.05, 0) is 13.3 Å². The third-order valence-electron chi connectivity index (χ3n) is 4.11. The van der Waals surface area contributed by atoms with Gasteiger partial charge < -0.3 is 10.7 Å². The summed E-state index contributed by atoms with van der Waals surface area (Å²) in [6.07, 6.45) is 15.8. The number of aliphatic hydroxyl groups excluding tert-OH is 1. The van der Waals surface area contributed by atoms with Gasteiger partial charge in [0.1, 0.15) is 0 Å². The van der Waals surface area contributed by atoms with Gasteiger partial charge in [-0.15, -0.1) is 0 Å². The Morgan fingerprint density at radius 2 is 1.24 bits per heavy atom. The van der Waals surface area contributed by atoms with E-state index in [2.05, 4.69) is 11.1 Å². The van der Waals surface area contributed by atoms with Crippen LogP contribution in [0.15, 0.2) is 0 Å². The minimum absolute atomic E-state index is 0. The second-order valence-electron chi connectivity index (χ2n) is 6.54. The number of hydrogen-bond donors (Lipinski definition) is 1. The van der Waals surface area contributed by atoms with E-state index in [1.165, 1.54) is 57.8 Å². The fraction of sp³-hybridized carbons (Fsp3) is 0.944. The largest absolute Gasteiger partial charge is 1.00 e. The molecule has 1 unspecified atom stereocenters. The van der Waals surface area contributed by atoms with E-state index in [1.54, 1.807) is 0 Å². The summed E-state index contributed by atoms with van der Waals surface area (Å²) in [4.78, 5) is 11.4. The Morgan fingerprint density at radius 1 is 0.880 bits per heavy atom. The molecule has 1 N–H and O–H groups in total. The maximum atomic E-state index is 11.4. The minimum atomic E-state index is -4.16. The van der Waals surface area contributed by atoms with Crippen molar-refractivity contribution in [3.8, 4) is 0 Å². The summed E-state index contributed by atoms with van der Waals surface area (Å²) >= 11 is 0. The quantitative estimate of drug-likeness (QED) is 0.248. The Bertz CT molecular complexity index is 416. The molecule has 0 aliphatic heterocycles. The van der Waals surface area contributed by atoms with Crippen LogP contribution in [0.3, 0.4) is 0 Å². The summed E-state index contributed by atoms with van der Waals surface area (Å²) in [6, 6.07) is 0. The van der Waals surface area contributed by atoms with Gasteiger partial charge in [0.25, 0.3) is 0 Å². The van der Waals surface area contributed by atoms with Crippen molar-refractivity contribution in [2.75, 3.05) is 0 Å². The molecule has 0 saturated heterocycles. The molecule has 0 aromatic rings. The molecular weight excluding hydrogens is 351 g/mol. The van der Waals surface area contributed by atoms with E-state index >= 15 is 0 Å². The van der Waals surface area contributed by atoms with Crippen molar-refractivity contribution in [3.05, 3.63) is 0 Å². The first-order chi connectivity index (χ1) is 11.4. The third-order valence-corrected chi connectivity index (χ3v) is 5.37. The van der Waals surface area contributed by atoms with Crippen molar-refractivity contribution < 1.29 is 53.5 Å². The second-order valence-corrected chi connectivity index (χ2v) is 8.37. The van der Waals surface area contributed by atoms with Crippen LogP contribution >= 0.6 is 0 Å². The van der Waals surface area contributed by atoms with Gasteiger partial charge in [0, 0.05) is 6.42 Å². The van der Waals surface area contributed by atoms with Crippen molar-refractivity contribution in [2.45, 2.75) is 109 Å². The monoisotopic (exact) mass is 388 g/mol. The van der Waals surface area contributed by atoms with Crippen LogP contribution in [0.5, 0.6) is 0 Å². The zero-order valence-corrected chi connectivity index (χ0v) is 19.3. The molecule has 0 aromatic carbocycles. The molecule has 0 fully saturated rings. The van der Waals surface area contributed by atoms with Gasteiger partial charge in [-0.25, -0.2) is 0 Å². The van der Waals surface area contributed by atoms with E-state index in [0.717, 1.165) is 26.2 Å². The van der Waals surface area contributed by atoms with Crippen LogP contribution in [-0.4, -0.2) is 24.9 Å². The molecule has 0 aliphatic rings. The molecular formula is C18H37NaO5S. The molecule has 0 bridgehead atoms. The predicted octanol–water partition coefficient (Wildman–Crippen LogP) is 1.80. The molecule has 0 rings (SSSR count). The van der Waals surface area contributed by atoms with Crippen molar-refractivity contribution in [1.29, 1.82) is 0 Å². The van der Waals surface area contributed by atoms with Crippen molar-refractivity contribution in [2.24, 2.45) is 0 Å². The van der Waals surface area contributed by atoms with Gasteiger partial charge in [0.15, 0.2) is 5.44 Å². The maximum Gasteiger partial charge on any atom is 1.00 e. The Hall–Kier alpha value is 0.380. The topological polar surface area (TPSA) is 80.7 Å². The minimum Gasteiger partial charge on any atom is -1.00 e. The van der Waals surface area contributed by atoms with E-state index in [4.69, 9.17) is 5.11 Å². The van der Waals surface area contributed by atoms with E-state index in [1.807, 2.05) is 0 Å². The van der Waals surface area contributed by atoms with Gasteiger partial charge >= 0.3 is 45.6 Å². The molecule has 146 valence electrons. The molecule has 0 spiro atoms. The SMILES string of the molecule is CCCCCCCCCCCCCCCC(=O)OS(=O)(=O)C(C)O.[H-].[Na+]. The van der Waals surface area contributed by atoms with E-state index in [-0.39, 0.29) is 37.4 Å². The number of carbonyl (C=O) groups excluding carboxylic acids is 1. The first kappa shape index (κ1) is 27.6. The van der Waals surface area contributed by atoms with Crippen LogP contribution in [0.1, 0.15) is 105 Å². The smallest absolute Gasteiger partial charge is 1.00 e. The number of carbonyl (C=O) groups is 1. The molecule has 0 amide bonds. The molecule has 0 aliphatic carbocycles. The summed E-state index contributed by atoms with van der Waals surface area (Å²) in [7, 11) is -4.16. The summed E-state index contributed by atoms with van der Waals surface area (Å²) in [5.74, 6) is -0.779. The summed E-state index contributed by atoms with van der Waals surface area (Å²) in [6.45, 7) is 3.30. The van der Waals surface area contributed by atoms with E-state index in [9.17, 15) is 13.2 Å². The third kappa shape index (κ3) is 17.5. The average molecular weight is 389 g/mol. The predicted molar refractivity (Wildman–Crippen MR) is 98.1 cm³/mol. The molecule has 0 saturated carbocycles. The normalized spacial score (nSPS) is 12.4. The molecule has 1 atom stereocenters. The first-order valence-electron chi connectivity index (χ1n) is 9.54. The van der Waals surface area contributed by atoms with Gasteiger partial charge in [0.2, 0.25) is 0 Å². The van der Waals surface area contributed by atoms with Crippen LogP contribution in [0.4, 0.5) is 0 Å². The molecule has 25 heavy (non-hydrogen) atoms. The standard InChI is InChI=1S/C18H36O5S.Na.H/c1-3-4-5-6-7-8-9-10-11-12-13-14-15-16-18(20)23-24(21,22)17(2)19;;/h17,19H,3-16H2,1-2H3;;/q;+1;-1. The fourth-order valence-electron chi connectivity index (χ4n) is 2.53. The van der Waals surface area contributed by atoms with Crippen LogP contribution in [0.25, 0.3) is 0 Å². The van der Waals surface area contributed by atoms with E-state index in [0.29, 0.717) is 6.42 Å². The van der Waals surface area contributed by atoms with Crippen molar-refractivity contribution in [1.82, 2.24) is 0 Å². The van der Waals surface area contributed by atoms with Gasteiger partial charge in [-0.3, -0.25) is 4.79 Å². The number of hydrogen-bond acceptors (Lipinski definition) is 5. The van der Waals surface area contributed by atoms with Crippen LogP contribution in [0, 0.1) is 0 Å². The van der Waals surface area contributed by atoms with Crippen LogP contribution < -0.4 is 29.6 Å². The van der Waals surface area contributed by atoms with Gasteiger partial charge in [-0.1, -0.05) is 84.0 Å². The maximum absolute atomic E-state index is 11.4. The number of unbranched alkanes of at least 4 members (excludes halogenated alkanes) is 12. The average Bonchev–Trinajstić information content (AvgIpc) is 2.51. The number of rotatable bonds is 16. The summed E-state index contributed by atoms with van der Waals surface area (Å²) in [5, 5.41) is 8.95. The van der Waals surface area contributed by atoms with Gasteiger partial charge in [0.05, 0.1) is 0 Å². The zero-order valence-electron chi connectivity index (χ0n) is 17.5. The summed E-state index contributed by atoms with van der Waals surface area (Å²) in [5.41, 5.74) is -1.67. The zero-order chi connectivity index (χ0) is 18.3. The van der Waals surface area contributed by atoms with Crippen molar-refractivity contribution >= 4 is 16.1 Å². The number of aliphatic hydroxyl groups is 1. The van der Waals surface area contributed by atoms with Gasteiger partial charge in [-0.2, -0.15) is 8.42 Å². The Kier molecular flexibility index (Phi) is 19.6. The first-order valence-corrected chi connectivity index (χ1v) is 11.0. The molecule has 0 aromatic heterocycles. The molecule has 0 heterocycles. The second kappa shape index (κ2) is 17.8. The Balaban J connectivity index is -0.00000264.